The van der Waals surface area contributed by atoms with Gasteiger partial charge in [-0.15, -0.1) is 0 Å². The molecule has 0 aliphatic rings. The van der Waals surface area contributed by atoms with Gasteiger partial charge in [-0.2, -0.15) is 0 Å². The Balaban J connectivity index is 2.65. The minimum Gasteiger partial charge on any atom is -0.478 e. The minimum absolute atomic E-state index is 0.125. The summed E-state index contributed by atoms with van der Waals surface area (Å²) in [5.41, 5.74) is 0.570. The third-order valence-electron chi connectivity index (χ3n) is 2.13. The van der Waals surface area contributed by atoms with Crippen LogP contribution in [0, 0.1) is 0 Å². The standard InChI is InChI=1S/C10H13BrN2O4S/c11-7-2-3-9(8(6-7)10(14)15)13-4-1-5-18(12,16)17/h2-3,6,13H,1,4-5H2,(H,14,15)(H2,12,16,17). The molecule has 0 aliphatic heterocycles. The van der Waals surface area contributed by atoms with Crippen LogP contribution in [-0.2, 0) is 10.0 Å². The number of hydrogen-bond acceptors (Lipinski definition) is 4. The number of rotatable bonds is 6. The quantitative estimate of drug-likeness (QED) is 0.677. The van der Waals surface area contributed by atoms with Gasteiger partial charge in [0, 0.05) is 16.7 Å². The molecule has 0 atom stereocenters. The second-order valence-corrected chi connectivity index (χ2v) is 6.29. The SMILES string of the molecule is NS(=O)(=O)CCCNc1ccc(Br)cc1C(=O)O. The summed E-state index contributed by atoms with van der Waals surface area (Å²) >= 11 is 3.19. The maximum atomic E-state index is 11.0. The maximum Gasteiger partial charge on any atom is 0.337 e. The van der Waals surface area contributed by atoms with Crippen LogP contribution in [0.1, 0.15) is 16.8 Å². The van der Waals surface area contributed by atoms with E-state index in [2.05, 4.69) is 21.2 Å². The number of anilines is 1. The van der Waals surface area contributed by atoms with E-state index in [0.29, 0.717) is 23.1 Å². The van der Waals surface area contributed by atoms with Gasteiger partial charge in [-0.05, 0) is 24.6 Å². The average Bonchev–Trinajstić information content (AvgIpc) is 2.24. The van der Waals surface area contributed by atoms with Gasteiger partial charge >= 0.3 is 5.97 Å². The summed E-state index contributed by atoms with van der Waals surface area (Å²) in [5.74, 6) is -1.19. The molecule has 0 bridgehead atoms. The van der Waals surface area contributed by atoms with Crippen molar-refractivity contribution in [1.82, 2.24) is 0 Å². The zero-order chi connectivity index (χ0) is 13.8. The number of halogens is 1. The highest BCUT2D eigenvalue weighted by atomic mass is 79.9. The van der Waals surface area contributed by atoms with Crippen LogP contribution in [0.2, 0.25) is 0 Å². The molecule has 1 rings (SSSR count). The first kappa shape index (κ1) is 14.9. The molecule has 8 heteroatoms. The second kappa shape index (κ2) is 6.17. The number of sulfonamides is 1. The molecular formula is C10H13BrN2O4S. The zero-order valence-corrected chi connectivity index (χ0v) is 11.8. The first-order valence-electron chi connectivity index (χ1n) is 5.07. The molecule has 0 aliphatic carbocycles. The van der Waals surface area contributed by atoms with Gasteiger partial charge in [-0.1, -0.05) is 15.9 Å². The van der Waals surface area contributed by atoms with Gasteiger partial charge in [0.2, 0.25) is 10.0 Å². The van der Waals surface area contributed by atoms with Gasteiger partial charge < -0.3 is 10.4 Å². The molecule has 0 spiro atoms. The van der Waals surface area contributed by atoms with E-state index in [0.717, 1.165) is 0 Å². The molecule has 1 aromatic rings. The van der Waals surface area contributed by atoms with Gasteiger partial charge in [-0.3, -0.25) is 0 Å². The molecule has 0 saturated heterocycles. The summed E-state index contributed by atoms with van der Waals surface area (Å²) < 4.78 is 22.1. The van der Waals surface area contributed by atoms with Gasteiger partial charge in [0.05, 0.1) is 11.3 Å². The number of carboxylic acid groups (broad SMARTS) is 1. The molecule has 6 nitrogen and oxygen atoms in total. The van der Waals surface area contributed by atoms with E-state index in [1.807, 2.05) is 0 Å². The Morgan fingerprint density at radius 3 is 2.67 bits per heavy atom. The van der Waals surface area contributed by atoms with Gasteiger partial charge in [0.1, 0.15) is 0 Å². The predicted molar refractivity (Wildman–Crippen MR) is 72.2 cm³/mol. The predicted octanol–water partition coefficient (Wildman–Crippen LogP) is 1.24. The van der Waals surface area contributed by atoms with Crippen LogP contribution in [0.25, 0.3) is 0 Å². The van der Waals surface area contributed by atoms with E-state index in [9.17, 15) is 13.2 Å². The number of aromatic carboxylic acids is 1. The first-order valence-corrected chi connectivity index (χ1v) is 7.57. The van der Waals surface area contributed by atoms with Crippen molar-refractivity contribution in [1.29, 1.82) is 0 Å². The van der Waals surface area contributed by atoms with Crippen LogP contribution in [0.15, 0.2) is 22.7 Å². The lowest BCUT2D eigenvalue weighted by atomic mass is 10.2. The molecule has 0 heterocycles. The fraction of sp³-hybridized carbons (Fsp3) is 0.300. The minimum atomic E-state index is -3.48. The summed E-state index contributed by atoms with van der Waals surface area (Å²) in [6, 6.07) is 4.79. The zero-order valence-electron chi connectivity index (χ0n) is 9.39. The molecule has 100 valence electrons. The lowest BCUT2D eigenvalue weighted by Crippen LogP contribution is -2.19. The topological polar surface area (TPSA) is 109 Å². The number of hydrogen-bond donors (Lipinski definition) is 3. The van der Waals surface area contributed by atoms with Crippen LogP contribution in [-0.4, -0.2) is 31.8 Å². The van der Waals surface area contributed by atoms with Crippen LogP contribution < -0.4 is 10.5 Å². The molecule has 0 unspecified atom stereocenters. The molecule has 4 N–H and O–H groups in total. The van der Waals surface area contributed by atoms with E-state index in [4.69, 9.17) is 10.2 Å². The Labute approximate surface area is 113 Å². The number of nitrogens with one attached hydrogen (secondary N) is 1. The highest BCUT2D eigenvalue weighted by molar-refractivity contribution is 9.10. The molecular weight excluding hydrogens is 324 g/mol. The third-order valence-corrected chi connectivity index (χ3v) is 3.48. The monoisotopic (exact) mass is 336 g/mol. The highest BCUT2D eigenvalue weighted by Gasteiger charge is 2.10. The largest absolute Gasteiger partial charge is 0.478 e. The Kier molecular flexibility index (Phi) is 5.12. The van der Waals surface area contributed by atoms with Crippen molar-refractivity contribution in [2.24, 2.45) is 5.14 Å². The number of benzene rings is 1. The summed E-state index contributed by atoms with van der Waals surface area (Å²) in [5, 5.41) is 16.7. The van der Waals surface area contributed by atoms with Crippen molar-refractivity contribution >= 4 is 37.6 Å². The number of nitrogens with two attached hydrogens (primary N) is 1. The lowest BCUT2D eigenvalue weighted by Gasteiger charge is -2.09. The van der Waals surface area contributed by atoms with Crippen LogP contribution in [0.4, 0.5) is 5.69 Å². The lowest BCUT2D eigenvalue weighted by molar-refractivity contribution is 0.0698. The van der Waals surface area contributed by atoms with Crippen molar-refractivity contribution < 1.29 is 18.3 Å². The Bertz CT molecular complexity index is 545. The van der Waals surface area contributed by atoms with Crippen LogP contribution in [0.5, 0.6) is 0 Å². The second-order valence-electron chi connectivity index (χ2n) is 3.64. The molecule has 1 aromatic carbocycles. The van der Waals surface area contributed by atoms with Gasteiger partial charge in [-0.25, -0.2) is 18.4 Å². The highest BCUT2D eigenvalue weighted by Crippen LogP contribution is 2.21. The van der Waals surface area contributed by atoms with Crippen LogP contribution >= 0.6 is 15.9 Å². The maximum absolute atomic E-state index is 11.0. The Hall–Kier alpha value is -1.12. The summed E-state index contributed by atoms with van der Waals surface area (Å²) in [4.78, 5) is 11.0. The van der Waals surface area contributed by atoms with Crippen LogP contribution in [0.3, 0.4) is 0 Å². The molecule has 0 fully saturated rings. The van der Waals surface area contributed by atoms with E-state index in [-0.39, 0.29) is 11.3 Å². The third kappa shape index (κ3) is 5.03. The molecule has 18 heavy (non-hydrogen) atoms. The van der Waals surface area contributed by atoms with E-state index in [1.54, 1.807) is 12.1 Å². The van der Waals surface area contributed by atoms with Crippen molar-refractivity contribution in [3.63, 3.8) is 0 Å². The molecule has 0 radical (unpaired) electrons. The number of carbonyl (C=O) groups is 1. The molecule has 0 amide bonds. The van der Waals surface area contributed by atoms with E-state index >= 15 is 0 Å². The molecule has 0 saturated carbocycles. The van der Waals surface area contributed by atoms with Gasteiger partial charge in [0.25, 0.3) is 0 Å². The Morgan fingerprint density at radius 2 is 2.11 bits per heavy atom. The average molecular weight is 337 g/mol. The Morgan fingerprint density at radius 1 is 1.44 bits per heavy atom. The van der Waals surface area contributed by atoms with E-state index in [1.165, 1.54) is 6.07 Å². The summed E-state index contributed by atoms with van der Waals surface area (Å²) in [6.07, 6.45) is 0.313. The van der Waals surface area contributed by atoms with E-state index < -0.39 is 16.0 Å². The van der Waals surface area contributed by atoms with Crippen molar-refractivity contribution in [2.75, 3.05) is 17.6 Å². The summed E-state index contributed by atoms with van der Waals surface area (Å²) in [7, 11) is -3.48. The van der Waals surface area contributed by atoms with Crippen molar-refractivity contribution in [2.45, 2.75) is 6.42 Å². The van der Waals surface area contributed by atoms with Crippen molar-refractivity contribution in [3.05, 3.63) is 28.2 Å². The van der Waals surface area contributed by atoms with Gasteiger partial charge in [0.15, 0.2) is 0 Å². The smallest absolute Gasteiger partial charge is 0.337 e. The number of carboxylic acids is 1. The number of primary sulfonamides is 1. The fourth-order valence-corrected chi connectivity index (χ4v) is 2.25. The first-order chi connectivity index (χ1) is 8.29. The molecule has 0 aromatic heterocycles. The van der Waals surface area contributed by atoms with Crippen molar-refractivity contribution in [3.8, 4) is 0 Å². The summed E-state index contributed by atoms with van der Waals surface area (Å²) in [6.45, 7) is 0.332. The fourth-order valence-electron chi connectivity index (χ4n) is 1.34. The normalized spacial score (nSPS) is 11.2.